The van der Waals surface area contributed by atoms with Crippen molar-refractivity contribution in [2.45, 2.75) is 38.6 Å². The van der Waals surface area contributed by atoms with Crippen LogP contribution in [0.25, 0.3) is 11.0 Å². The van der Waals surface area contributed by atoms with Crippen LogP contribution in [0.1, 0.15) is 46.6 Å². The fourth-order valence-electron chi connectivity index (χ4n) is 3.45. The molecule has 5 heteroatoms. The van der Waals surface area contributed by atoms with E-state index in [4.69, 9.17) is 0 Å². The van der Waals surface area contributed by atoms with Crippen LogP contribution in [-0.4, -0.2) is 15.9 Å². The summed E-state index contributed by atoms with van der Waals surface area (Å²) in [7, 11) is 0. The van der Waals surface area contributed by atoms with Crippen molar-refractivity contribution in [1.82, 2.24) is 15.3 Å². The molecule has 4 nitrogen and oxygen atoms in total. The lowest BCUT2D eigenvalue weighted by atomic mass is 9.71. The number of aromatic nitrogens is 2. The summed E-state index contributed by atoms with van der Waals surface area (Å²) in [5, 5.41) is 3.16. The smallest absolute Gasteiger partial charge is 0.252 e. The number of amides is 1. The average molecular weight is 349 g/mol. The Morgan fingerprint density at radius 3 is 2.27 bits per heavy atom. The van der Waals surface area contributed by atoms with E-state index in [0.717, 1.165) is 41.7 Å². The number of carbonyl (C=O) groups excluding carboxylic acids is 1. The van der Waals surface area contributed by atoms with Crippen molar-refractivity contribution < 1.29 is 9.18 Å². The van der Waals surface area contributed by atoms with E-state index in [0.29, 0.717) is 11.1 Å². The zero-order chi connectivity index (χ0) is 18.3. The quantitative estimate of drug-likeness (QED) is 0.771. The minimum Gasteiger partial charge on any atom is -0.343 e. The van der Waals surface area contributed by atoms with Gasteiger partial charge in [-0.2, -0.15) is 0 Å². The molecule has 1 N–H and O–H groups in total. The molecular weight excluding hydrogens is 329 g/mol. The van der Waals surface area contributed by atoms with Crippen molar-refractivity contribution in [3.63, 3.8) is 0 Å². The molecule has 1 aromatic heterocycles. The third kappa shape index (κ3) is 2.83. The first-order valence-corrected chi connectivity index (χ1v) is 8.80. The lowest BCUT2D eigenvalue weighted by Crippen LogP contribution is -2.50. The summed E-state index contributed by atoms with van der Waals surface area (Å²) >= 11 is 0. The van der Waals surface area contributed by atoms with Crippen LogP contribution in [0, 0.1) is 19.7 Å². The number of carbonyl (C=O) groups is 1. The van der Waals surface area contributed by atoms with Gasteiger partial charge in [0.2, 0.25) is 0 Å². The second kappa shape index (κ2) is 6.16. The van der Waals surface area contributed by atoms with Gasteiger partial charge in [-0.3, -0.25) is 4.79 Å². The van der Waals surface area contributed by atoms with Gasteiger partial charge in [0.25, 0.3) is 5.91 Å². The fourth-order valence-corrected chi connectivity index (χ4v) is 3.45. The summed E-state index contributed by atoms with van der Waals surface area (Å²) in [5.74, 6) is -0.413. The van der Waals surface area contributed by atoms with Crippen molar-refractivity contribution in [3.8, 4) is 0 Å². The van der Waals surface area contributed by atoms with E-state index in [1.807, 2.05) is 19.9 Å². The summed E-state index contributed by atoms with van der Waals surface area (Å²) in [5.41, 5.74) is 4.34. The van der Waals surface area contributed by atoms with E-state index < -0.39 is 5.54 Å². The molecule has 4 rings (SSSR count). The molecule has 1 aliphatic rings. The molecule has 1 heterocycles. The highest BCUT2D eigenvalue weighted by Gasteiger charge is 2.40. The van der Waals surface area contributed by atoms with Gasteiger partial charge in [0.15, 0.2) is 0 Å². The van der Waals surface area contributed by atoms with Crippen molar-refractivity contribution >= 4 is 16.9 Å². The van der Waals surface area contributed by atoms with Crippen LogP contribution < -0.4 is 5.32 Å². The first-order valence-electron chi connectivity index (χ1n) is 8.80. The monoisotopic (exact) mass is 349 g/mol. The number of nitrogens with one attached hydrogen (secondary N) is 1. The summed E-state index contributed by atoms with van der Waals surface area (Å²) in [4.78, 5) is 21.9. The van der Waals surface area contributed by atoms with Crippen molar-refractivity contribution in [2.75, 3.05) is 0 Å². The number of benzene rings is 2. The zero-order valence-electron chi connectivity index (χ0n) is 14.8. The van der Waals surface area contributed by atoms with Crippen LogP contribution >= 0.6 is 0 Å². The number of aryl methyl sites for hydroxylation is 2. The molecule has 1 fully saturated rings. The van der Waals surface area contributed by atoms with Gasteiger partial charge in [0.1, 0.15) is 5.82 Å². The zero-order valence-corrected chi connectivity index (χ0v) is 14.8. The Bertz CT molecular complexity index is 994. The van der Waals surface area contributed by atoms with Crippen LogP contribution in [0.3, 0.4) is 0 Å². The van der Waals surface area contributed by atoms with Gasteiger partial charge in [-0.1, -0.05) is 12.1 Å². The van der Waals surface area contributed by atoms with Crippen LogP contribution in [0.15, 0.2) is 42.5 Å². The second-order valence-electron chi connectivity index (χ2n) is 6.99. The van der Waals surface area contributed by atoms with Crippen LogP contribution in [0.2, 0.25) is 0 Å². The van der Waals surface area contributed by atoms with Crippen molar-refractivity contribution in [3.05, 3.63) is 70.8 Å². The molecule has 1 aliphatic carbocycles. The van der Waals surface area contributed by atoms with Gasteiger partial charge in [-0.15, -0.1) is 0 Å². The van der Waals surface area contributed by atoms with E-state index in [2.05, 4.69) is 15.3 Å². The number of hydrogen-bond donors (Lipinski definition) is 1. The highest BCUT2D eigenvalue weighted by Crippen LogP contribution is 2.41. The van der Waals surface area contributed by atoms with Gasteiger partial charge in [-0.25, -0.2) is 14.4 Å². The molecule has 0 spiro atoms. The van der Waals surface area contributed by atoms with E-state index in [1.54, 1.807) is 24.3 Å². The fraction of sp³-hybridized carbons (Fsp3) is 0.286. The topological polar surface area (TPSA) is 54.9 Å². The van der Waals surface area contributed by atoms with Gasteiger partial charge in [-0.05, 0) is 69.0 Å². The number of rotatable bonds is 3. The van der Waals surface area contributed by atoms with E-state index >= 15 is 0 Å². The van der Waals surface area contributed by atoms with Gasteiger partial charge in [0, 0.05) is 5.56 Å². The molecule has 1 saturated carbocycles. The first-order chi connectivity index (χ1) is 12.5. The van der Waals surface area contributed by atoms with E-state index in [-0.39, 0.29) is 11.7 Å². The Morgan fingerprint density at radius 1 is 1.00 bits per heavy atom. The first kappa shape index (κ1) is 16.6. The number of nitrogens with zero attached hydrogens (tertiary/aromatic N) is 2. The van der Waals surface area contributed by atoms with E-state index in [1.165, 1.54) is 12.1 Å². The maximum atomic E-state index is 13.2. The Labute approximate surface area is 151 Å². The molecule has 0 atom stereocenters. The Kier molecular flexibility index (Phi) is 3.94. The molecule has 3 aromatic rings. The van der Waals surface area contributed by atoms with E-state index in [9.17, 15) is 9.18 Å². The molecule has 0 aliphatic heterocycles. The summed E-state index contributed by atoms with van der Waals surface area (Å²) in [6.45, 7) is 3.83. The van der Waals surface area contributed by atoms with Crippen LogP contribution in [-0.2, 0) is 5.54 Å². The van der Waals surface area contributed by atoms with Gasteiger partial charge in [0.05, 0.1) is 28.0 Å². The molecule has 0 radical (unpaired) electrons. The standard InChI is InChI=1S/C21H20FN3O/c1-13-14(2)24-19-12-15(4-9-18(19)23-13)20(26)25-21(10-3-11-21)16-5-7-17(22)8-6-16/h4-9,12H,3,10-11H2,1-2H3,(H,25,26). The predicted molar refractivity (Wildman–Crippen MR) is 98.4 cm³/mol. The number of hydrogen-bond acceptors (Lipinski definition) is 3. The van der Waals surface area contributed by atoms with Crippen molar-refractivity contribution in [2.24, 2.45) is 0 Å². The Morgan fingerprint density at radius 2 is 1.65 bits per heavy atom. The summed E-state index contributed by atoms with van der Waals surface area (Å²) < 4.78 is 13.2. The highest BCUT2D eigenvalue weighted by atomic mass is 19.1. The number of fused-ring (bicyclic) bond motifs is 1. The van der Waals surface area contributed by atoms with Gasteiger partial charge < -0.3 is 5.32 Å². The molecule has 0 bridgehead atoms. The van der Waals surface area contributed by atoms with Crippen LogP contribution in [0.4, 0.5) is 4.39 Å². The predicted octanol–water partition coefficient (Wildman–Crippen LogP) is 4.19. The summed E-state index contributed by atoms with van der Waals surface area (Å²) in [6, 6.07) is 11.8. The molecule has 0 unspecified atom stereocenters. The highest BCUT2D eigenvalue weighted by molar-refractivity contribution is 5.97. The summed E-state index contributed by atoms with van der Waals surface area (Å²) in [6.07, 6.45) is 2.76. The minimum absolute atomic E-state index is 0.143. The molecular formula is C21H20FN3O. The Hall–Kier alpha value is -2.82. The number of halogens is 1. The SMILES string of the molecule is Cc1nc2ccc(C(=O)NC3(c4ccc(F)cc4)CCC3)cc2nc1C. The molecule has 0 saturated heterocycles. The molecule has 2 aromatic carbocycles. The largest absolute Gasteiger partial charge is 0.343 e. The molecule has 26 heavy (non-hydrogen) atoms. The third-order valence-corrected chi connectivity index (χ3v) is 5.29. The average Bonchev–Trinajstić information content (AvgIpc) is 2.59. The van der Waals surface area contributed by atoms with Crippen molar-refractivity contribution in [1.29, 1.82) is 0 Å². The Balaban J connectivity index is 1.64. The maximum Gasteiger partial charge on any atom is 0.252 e. The lowest BCUT2D eigenvalue weighted by molar-refractivity contribution is 0.0823. The second-order valence-corrected chi connectivity index (χ2v) is 6.99. The minimum atomic E-state index is -0.408. The van der Waals surface area contributed by atoms with Crippen LogP contribution in [0.5, 0.6) is 0 Å². The van der Waals surface area contributed by atoms with Gasteiger partial charge >= 0.3 is 0 Å². The lowest BCUT2D eigenvalue weighted by Gasteiger charge is -2.43. The third-order valence-electron chi connectivity index (χ3n) is 5.29. The maximum absolute atomic E-state index is 13.2. The molecule has 1 amide bonds. The molecule has 132 valence electrons. The normalized spacial score (nSPS) is 15.5.